The van der Waals surface area contributed by atoms with Gasteiger partial charge >= 0.3 is 5.97 Å². The number of hydrogen-bond acceptors (Lipinski definition) is 5. The normalized spacial score (nSPS) is 11.2. The van der Waals surface area contributed by atoms with Crippen LogP contribution < -0.4 is 15.4 Å². The Labute approximate surface area is 161 Å². The van der Waals surface area contributed by atoms with E-state index in [1.54, 1.807) is 48.5 Å². The van der Waals surface area contributed by atoms with Gasteiger partial charge in [-0.15, -0.1) is 0 Å². The number of rotatable bonds is 7. The van der Waals surface area contributed by atoms with Gasteiger partial charge in [-0.1, -0.05) is 35.9 Å². The fraction of sp³-hybridized carbons (Fsp3) is 0.211. The Morgan fingerprint density at radius 1 is 1.07 bits per heavy atom. The van der Waals surface area contributed by atoms with E-state index in [0.717, 1.165) is 0 Å². The second kappa shape index (κ2) is 9.59. The number of halogens is 1. The van der Waals surface area contributed by atoms with Gasteiger partial charge in [0.1, 0.15) is 12.3 Å². The van der Waals surface area contributed by atoms with Gasteiger partial charge in [-0.05, 0) is 31.2 Å². The molecule has 2 N–H and O–H groups in total. The van der Waals surface area contributed by atoms with Gasteiger partial charge < -0.3 is 20.1 Å². The number of benzene rings is 2. The lowest BCUT2D eigenvalue weighted by Crippen LogP contribution is -2.36. The van der Waals surface area contributed by atoms with Crippen LogP contribution in [-0.2, 0) is 14.3 Å². The first-order chi connectivity index (χ1) is 12.9. The summed E-state index contributed by atoms with van der Waals surface area (Å²) >= 11 is 5.97. The SMILES string of the molecule is COc1ccccc1C(=O)NCC(=O)O[C@H](C)C(=O)Nc1ccccc1Cl. The smallest absolute Gasteiger partial charge is 0.326 e. The quantitative estimate of drug-likeness (QED) is 0.709. The van der Waals surface area contributed by atoms with E-state index in [1.807, 2.05) is 0 Å². The highest BCUT2D eigenvalue weighted by Gasteiger charge is 2.20. The molecule has 0 aliphatic carbocycles. The summed E-state index contributed by atoms with van der Waals surface area (Å²) in [5, 5.41) is 5.37. The van der Waals surface area contributed by atoms with Gasteiger partial charge in [0.05, 0.1) is 23.4 Å². The van der Waals surface area contributed by atoms with Crippen LogP contribution in [0.25, 0.3) is 0 Å². The third-order valence-corrected chi connectivity index (χ3v) is 3.88. The van der Waals surface area contributed by atoms with Crippen LogP contribution >= 0.6 is 11.6 Å². The third-order valence-electron chi connectivity index (χ3n) is 3.55. The number of carbonyl (C=O) groups is 3. The van der Waals surface area contributed by atoms with E-state index in [2.05, 4.69) is 10.6 Å². The van der Waals surface area contributed by atoms with Gasteiger partial charge in [0.15, 0.2) is 6.10 Å². The van der Waals surface area contributed by atoms with Crippen LogP contribution in [0.15, 0.2) is 48.5 Å². The van der Waals surface area contributed by atoms with Crippen molar-refractivity contribution < 1.29 is 23.9 Å². The van der Waals surface area contributed by atoms with Crippen molar-refractivity contribution >= 4 is 35.1 Å². The third kappa shape index (κ3) is 5.72. The molecule has 2 aromatic carbocycles. The van der Waals surface area contributed by atoms with E-state index in [9.17, 15) is 14.4 Å². The maximum absolute atomic E-state index is 12.1. The number of carbonyl (C=O) groups excluding carboxylic acids is 3. The molecule has 1 atom stereocenters. The molecule has 7 nitrogen and oxygen atoms in total. The van der Waals surface area contributed by atoms with Crippen molar-refractivity contribution in [1.29, 1.82) is 0 Å². The van der Waals surface area contributed by atoms with Crippen molar-refractivity contribution in [2.45, 2.75) is 13.0 Å². The van der Waals surface area contributed by atoms with E-state index in [-0.39, 0.29) is 12.1 Å². The maximum Gasteiger partial charge on any atom is 0.326 e. The van der Waals surface area contributed by atoms with Crippen LogP contribution in [0.2, 0.25) is 5.02 Å². The van der Waals surface area contributed by atoms with Crippen LogP contribution in [0.4, 0.5) is 5.69 Å². The average Bonchev–Trinajstić information content (AvgIpc) is 2.67. The number of amides is 2. The van der Waals surface area contributed by atoms with Crippen LogP contribution in [0.5, 0.6) is 5.75 Å². The molecule has 0 unspecified atom stereocenters. The summed E-state index contributed by atoms with van der Waals surface area (Å²) < 4.78 is 10.1. The summed E-state index contributed by atoms with van der Waals surface area (Å²) in [6, 6.07) is 13.3. The Hall–Kier alpha value is -3.06. The van der Waals surface area contributed by atoms with E-state index in [4.69, 9.17) is 21.1 Å². The minimum atomic E-state index is -1.06. The summed E-state index contributed by atoms with van der Waals surface area (Å²) in [6.07, 6.45) is -1.06. The Bertz CT molecular complexity index is 840. The first kappa shape index (κ1) is 20.3. The Morgan fingerprint density at radius 3 is 2.44 bits per heavy atom. The molecule has 8 heteroatoms. The van der Waals surface area contributed by atoms with Gasteiger partial charge in [0, 0.05) is 0 Å². The van der Waals surface area contributed by atoms with Gasteiger partial charge in [-0.2, -0.15) is 0 Å². The lowest BCUT2D eigenvalue weighted by atomic mass is 10.2. The van der Waals surface area contributed by atoms with E-state index in [1.165, 1.54) is 14.0 Å². The van der Waals surface area contributed by atoms with Crippen molar-refractivity contribution in [3.05, 3.63) is 59.1 Å². The highest BCUT2D eigenvalue weighted by molar-refractivity contribution is 6.33. The largest absolute Gasteiger partial charge is 0.496 e. The summed E-state index contributed by atoms with van der Waals surface area (Å²) in [7, 11) is 1.44. The number of esters is 1. The monoisotopic (exact) mass is 390 g/mol. The molecule has 2 amide bonds. The zero-order valence-corrected chi connectivity index (χ0v) is 15.6. The molecule has 0 fully saturated rings. The molecule has 0 radical (unpaired) electrons. The molecule has 0 heterocycles. The van der Waals surface area contributed by atoms with Crippen LogP contribution in [0.3, 0.4) is 0 Å². The van der Waals surface area contributed by atoms with Crippen molar-refractivity contribution in [2.24, 2.45) is 0 Å². The van der Waals surface area contributed by atoms with Crippen molar-refractivity contribution in [3.63, 3.8) is 0 Å². The lowest BCUT2D eigenvalue weighted by molar-refractivity contribution is -0.152. The summed E-state index contributed by atoms with van der Waals surface area (Å²) in [5.41, 5.74) is 0.703. The van der Waals surface area contributed by atoms with Gasteiger partial charge in [-0.25, -0.2) is 0 Å². The molecule has 0 aromatic heterocycles. The second-order valence-electron chi connectivity index (χ2n) is 5.48. The molecule has 2 rings (SSSR count). The average molecular weight is 391 g/mol. The van der Waals surface area contributed by atoms with E-state index < -0.39 is 23.9 Å². The Balaban J connectivity index is 1.85. The van der Waals surface area contributed by atoms with Crippen LogP contribution in [0, 0.1) is 0 Å². The van der Waals surface area contributed by atoms with Crippen molar-refractivity contribution in [2.75, 3.05) is 19.0 Å². The fourth-order valence-corrected chi connectivity index (χ4v) is 2.35. The molecule has 0 aliphatic rings. The number of para-hydroxylation sites is 2. The van der Waals surface area contributed by atoms with Crippen molar-refractivity contribution in [1.82, 2.24) is 5.32 Å². The summed E-state index contributed by atoms with van der Waals surface area (Å²) in [6.45, 7) is 1.03. The fourth-order valence-electron chi connectivity index (χ4n) is 2.17. The van der Waals surface area contributed by atoms with Crippen LogP contribution in [0.1, 0.15) is 17.3 Å². The topological polar surface area (TPSA) is 93.7 Å². The van der Waals surface area contributed by atoms with Gasteiger partial charge in [0.25, 0.3) is 11.8 Å². The minimum absolute atomic E-state index is 0.289. The Morgan fingerprint density at radius 2 is 1.74 bits per heavy atom. The molecule has 27 heavy (non-hydrogen) atoms. The summed E-state index contributed by atoms with van der Waals surface area (Å²) in [4.78, 5) is 36.1. The molecule has 0 saturated heterocycles. The Kier molecular flexibility index (Phi) is 7.19. The second-order valence-corrected chi connectivity index (χ2v) is 5.89. The van der Waals surface area contributed by atoms with Crippen molar-refractivity contribution in [3.8, 4) is 5.75 Å². The zero-order valence-electron chi connectivity index (χ0n) is 14.8. The van der Waals surface area contributed by atoms with Gasteiger partial charge in [0.2, 0.25) is 0 Å². The van der Waals surface area contributed by atoms with Gasteiger partial charge in [-0.3, -0.25) is 14.4 Å². The van der Waals surface area contributed by atoms with E-state index >= 15 is 0 Å². The summed E-state index contributed by atoms with van der Waals surface area (Å²) in [5.74, 6) is -1.39. The zero-order chi connectivity index (χ0) is 19.8. The highest BCUT2D eigenvalue weighted by atomic mass is 35.5. The lowest BCUT2D eigenvalue weighted by Gasteiger charge is -2.14. The molecular weight excluding hydrogens is 372 g/mol. The molecule has 2 aromatic rings. The number of ether oxygens (including phenoxy) is 2. The standard InChI is InChI=1S/C19H19ClN2O5/c1-12(18(24)22-15-9-5-4-8-14(15)20)27-17(23)11-21-19(25)13-7-3-6-10-16(13)26-2/h3-10,12H,11H2,1-2H3,(H,21,25)(H,22,24)/t12-/m1/s1. The number of nitrogens with one attached hydrogen (secondary N) is 2. The first-order valence-corrected chi connectivity index (χ1v) is 8.46. The molecule has 0 aliphatic heterocycles. The predicted octanol–water partition coefficient (Wildman–Crippen LogP) is 2.65. The van der Waals surface area contributed by atoms with Crippen LogP contribution in [-0.4, -0.2) is 37.5 Å². The highest BCUT2D eigenvalue weighted by Crippen LogP contribution is 2.20. The predicted molar refractivity (Wildman–Crippen MR) is 101 cm³/mol. The molecule has 142 valence electrons. The molecule has 0 saturated carbocycles. The number of methoxy groups -OCH3 is 1. The molecule has 0 spiro atoms. The number of hydrogen-bond donors (Lipinski definition) is 2. The minimum Gasteiger partial charge on any atom is -0.496 e. The molecular formula is C19H19ClN2O5. The first-order valence-electron chi connectivity index (χ1n) is 8.08. The maximum atomic E-state index is 12.1. The molecule has 0 bridgehead atoms. The van der Waals surface area contributed by atoms with E-state index in [0.29, 0.717) is 16.5 Å². The number of anilines is 1.